The third-order valence-electron chi connectivity index (χ3n) is 6.78. The number of sulfone groups is 1. The van der Waals surface area contributed by atoms with Crippen LogP contribution in [0.1, 0.15) is 32.8 Å². The lowest BCUT2D eigenvalue weighted by molar-refractivity contribution is 0.414. The molecule has 7 heteroatoms. The van der Waals surface area contributed by atoms with Crippen LogP contribution in [0.5, 0.6) is 23.0 Å². The first-order valence-electron chi connectivity index (χ1n) is 13.0. The summed E-state index contributed by atoms with van der Waals surface area (Å²) in [5.74, 6) is 2.58. The van der Waals surface area contributed by atoms with Crippen LogP contribution >= 0.6 is 0 Å². The summed E-state index contributed by atoms with van der Waals surface area (Å²) in [5, 5.41) is -1.96. The molecule has 0 heterocycles. The van der Waals surface area contributed by atoms with Crippen LogP contribution in [0.25, 0.3) is 12.2 Å². The van der Waals surface area contributed by atoms with Gasteiger partial charge in [0.1, 0.15) is 33.5 Å². The summed E-state index contributed by atoms with van der Waals surface area (Å²) in [4.78, 5) is 0. The van der Waals surface area contributed by atoms with Crippen molar-refractivity contribution < 1.29 is 27.4 Å². The van der Waals surface area contributed by atoms with Gasteiger partial charge in [0.25, 0.3) is 0 Å². The van der Waals surface area contributed by atoms with Crippen LogP contribution in [0.15, 0.2) is 109 Å². The van der Waals surface area contributed by atoms with Crippen LogP contribution in [0.3, 0.4) is 0 Å². The van der Waals surface area contributed by atoms with Crippen molar-refractivity contribution in [3.05, 3.63) is 131 Å². The molecule has 6 nitrogen and oxygen atoms in total. The SMILES string of the molecule is COc1ccc(C(C=Cc2ccccc2OC)S(=O)(=O)C(C=Cc2ccccc2OC)c2ccc(OC)cc2)cc1. The van der Waals surface area contributed by atoms with Crippen molar-refractivity contribution >= 4 is 22.0 Å². The van der Waals surface area contributed by atoms with Crippen molar-refractivity contribution in [2.45, 2.75) is 10.5 Å². The quantitative estimate of drug-likeness (QED) is 0.177. The second-order valence-corrected chi connectivity index (χ2v) is 11.4. The Hall–Kier alpha value is -4.49. The van der Waals surface area contributed by atoms with E-state index in [4.69, 9.17) is 18.9 Å². The van der Waals surface area contributed by atoms with Gasteiger partial charge in [0, 0.05) is 11.1 Å². The van der Waals surface area contributed by atoms with Crippen LogP contribution in [0.4, 0.5) is 0 Å². The van der Waals surface area contributed by atoms with Crippen molar-refractivity contribution in [2.75, 3.05) is 28.4 Å². The van der Waals surface area contributed by atoms with E-state index in [2.05, 4.69) is 0 Å². The highest BCUT2D eigenvalue weighted by Gasteiger charge is 2.33. The van der Waals surface area contributed by atoms with Gasteiger partial charge in [-0.2, -0.15) is 0 Å². The Morgan fingerprint density at radius 2 is 0.878 bits per heavy atom. The molecule has 0 aliphatic carbocycles. The Bertz CT molecular complexity index is 1470. The van der Waals surface area contributed by atoms with Gasteiger partial charge < -0.3 is 18.9 Å². The van der Waals surface area contributed by atoms with Crippen molar-refractivity contribution in [1.29, 1.82) is 0 Å². The minimum atomic E-state index is -3.92. The number of benzene rings is 4. The third kappa shape index (κ3) is 6.99. The Labute approximate surface area is 242 Å². The molecule has 0 spiro atoms. The normalized spacial score (nSPS) is 13.2. The van der Waals surface area contributed by atoms with E-state index >= 15 is 0 Å². The predicted octanol–water partition coefficient (Wildman–Crippen LogP) is 7.35. The molecule has 0 fully saturated rings. The van der Waals surface area contributed by atoms with Crippen LogP contribution in [-0.4, -0.2) is 36.9 Å². The fourth-order valence-electron chi connectivity index (χ4n) is 4.56. The topological polar surface area (TPSA) is 71.1 Å². The number of hydrogen-bond acceptors (Lipinski definition) is 6. The Morgan fingerprint density at radius 1 is 0.512 bits per heavy atom. The zero-order valence-electron chi connectivity index (χ0n) is 23.6. The molecule has 4 rings (SSSR count). The second-order valence-electron chi connectivity index (χ2n) is 9.18. The maximum atomic E-state index is 14.7. The first-order valence-corrected chi connectivity index (χ1v) is 14.6. The fourth-order valence-corrected chi connectivity index (χ4v) is 6.54. The molecule has 0 aliphatic rings. The minimum absolute atomic E-state index is 0.612. The summed E-state index contributed by atoms with van der Waals surface area (Å²) in [6.07, 6.45) is 7.01. The maximum Gasteiger partial charge on any atom is 0.171 e. The molecule has 212 valence electrons. The Kier molecular flexibility index (Phi) is 9.87. The maximum absolute atomic E-state index is 14.7. The van der Waals surface area contributed by atoms with Gasteiger partial charge in [-0.05, 0) is 47.5 Å². The summed E-state index contributed by atoms with van der Waals surface area (Å²) < 4.78 is 51.0. The molecule has 0 saturated carbocycles. The highest BCUT2D eigenvalue weighted by atomic mass is 32.2. The van der Waals surface area contributed by atoms with Crippen molar-refractivity contribution in [1.82, 2.24) is 0 Å². The lowest BCUT2D eigenvalue weighted by atomic mass is 10.1. The molecular weight excluding hydrogens is 536 g/mol. The van der Waals surface area contributed by atoms with Gasteiger partial charge in [-0.1, -0.05) is 85.0 Å². The fraction of sp³-hybridized carbons (Fsp3) is 0.176. The number of hydrogen-bond donors (Lipinski definition) is 0. The summed E-state index contributed by atoms with van der Waals surface area (Å²) in [7, 11) is 2.41. The van der Waals surface area contributed by atoms with E-state index in [0.29, 0.717) is 34.1 Å². The van der Waals surface area contributed by atoms with Crippen LogP contribution in [0.2, 0.25) is 0 Å². The van der Waals surface area contributed by atoms with Gasteiger partial charge in [0.05, 0.1) is 28.4 Å². The number of para-hydroxylation sites is 2. The molecule has 0 aromatic heterocycles. The third-order valence-corrected chi connectivity index (χ3v) is 9.05. The van der Waals surface area contributed by atoms with E-state index in [-0.39, 0.29) is 0 Å². The molecule has 2 unspecified atom stereocenters. The molecule has 41 heavy (non-hydrogen) atoms. The van der Waals surface area contributed by atoms with Gasteiger partial charge in [0.2, 0.25) is 0 Å². The van der Waals surface area contributed by atoms with Crippen molar-refractivity contribution in [3.63, 3.8) is 0 Å². The van der Waals surface area contributed by atoms with E-state index in [1.54, 1.807) is 101 Å². The first-order chi connectivity index (χ1) is 19.9. The predicted molar refractivity (Wildman–Crippen MR) is 164 cm³/mol. The summed E-state index contributed by atoms with van der Waals surface area (Å²) in [6, 6.07) is 29.1. The molecule has 4 aromatic rings. The summed E-state index contributed by atoms with van der Waals surface area (Å²) in [6.45, 7) is 0. The molecule has 2 atom stereocenters. The van der Waals surface area contributed by atoms with Gasteiger partial charge in [-0.15, -0.1) is 0 Å². The molecular formula is C34H34O6S. The number of rotatable bonds is 12. The smallest absolute Gasteiger partial charge is 0.171 e. The number of methoxy groups -OCH3 is 4. The lowest BCUT2D eigenvalue weighted by Crippen LogP contribution is -2.19. The van der Waals surface area contributed by atoms with E-state index in [0.717, 1.165) is 11.1 Å². The largest absolute Gasteiger partial charge is 0.497 e. The van der Waals surface area contributed by atoms with E-state index in [1.807, 2.05) is 48.5 Å². The molecule has 0 saturated heterocycles. The van der Waals surface area contributed by atoms with Gasteiger partial charge in [0.15, 0.2) is 9.84 Å². The van der Waals surface area contributed by atoms with Gasteiger partial charge in [-0.25, -0.2) is 8.42 Å². The first kappa shape index (κ1) is 29.5. The molecule has 0 aliphatic heterocycles. The number of ether oxygens (including phenoxy) is 4. The van der Waals surface area contributed by atoms with Gasteiger partial charge >= 0.3 is 0 Å². The summed E-state index contributed by atoms with van der Waals surface area (Å²) in [5.41, 5.74) is 2.77. The van der Waals surface area contributed by atoms with E-state index in [1.165, 1.54) is 0 Å². The molecule has 0 N–H and O–H groups in total. The van der Waals surface area contributed by atoms with Crippen LogP contribution < -0.4 is 18.9 Å². The second kappa shape index (κ2) is 13.7. The average Bonchev–Trinajstić information content (AvgIpc) is 3.02. The minimum Gasteiger partial charge on any atom is -0.497 e. The Morgan fingerprint density at radius 3 is 1.22 bits per heavy atom. The standard InChI is InChI=1S/C34H34O6S/c1-37-29-19-13-27(14-20-29)33(23-17-25-9-5-7-11-31(25)39-3)41(35,36)34(28-15-21-30(38-2)22-16-28)24-18-26-10-6-8-12-32(26)40-4/h5-24,33-34H,1-4H3. The van der Waals surface area contributed by atoms with Gasteiger partial charge in [-0.3, -0.25) is 0 Å². The Balaban J connectivity index is 1.86. The highest BCUT2D eigenvalue weighted by Crippen LogP contribution is 2.39. The molecule has 4 aromatic carbocycles. The average molecular weight is 571 g/mol. The lowest BCUT2D eigenvalue weighted by Gasteiger charge is -2.22. The zero-order chi connectivity index (χ0) is 29.2. The van der Waals surface area contributed by atoms with Crippen LogP contribution in [-0.2, 0) is 9.84 Å². The summed E-state index contributed by atoms with van der Waals surface area (Å²) >= 11 is 0. The van der Waals surface area contributed by atoms with E-state index < -0.39 is 20.3 Å². The zero-order valence-corrected chi connectivity index (χ0v) is 24.4. The van der Waals surface area contributed by atoms with Crippen molar-refractivity contribution in [3.8, 4) is 23.0 Å². The molecule has 0 radical (unpaired) electrons. The van der Waals surface area contributed by atoms with E-state index in [9.17, 15) is 8.42 Å². The molecule has 0 bridgehead atoms. The monoisotopic (exact) mass is 570 g/mol. The van der Waals surface area contributed by atoms with Crippen molar-refractivity contribution in [2.24, 2.45) is 0 Å². The highest BCUT2D eigenvalue weighted by molar-refractivity contribution is 7.92. The van der Waals surface area contributed by atoms with Crippen LogP contribution in [0, 0.1) is 0 Å². The molecule has 0 amide bonds.